The first kappa shape index (κ1) is 13.0. The van der Waals surface area contributed by atoms with E-state index >= 15 is 0 Å². The molecule has 0 spiro atoms. The molecular weight excluding hydrogens is 133 g/mol. The van der Waals surface area contributed by atoms with Gasteiger partial charge in [-0.05, 0) is 0 Å². The SMILES string of the molecule is BBBCC.C.c1c[nH]cn1. The van der Waals surface area contributed by atoms with Gasteiger partial charge in [-0.1, -0.05) is 20.7 Å². The van der Waals surface area contributed by atoms with Gasteiger partial charge in [0.05, 0.1) is 28.3 Å². The summed E-state index contributed by atoms with van der Waals surface area (Å²) in [7, 11) is 4.94. The van der Waals surface area contributed by atoms with Crippen LogP contribution in [-0.4, -0.2) is 31.9 Å². The van der Waals surface area contributed by atoms with Gasteiger partial charge in [-0.3, -0.25) is 0 Å². The summed E-state index contributed by atoms with van der Waals surface area (Å²) >= 11 is 0. The summed E-state index contributed by atoms with van der Waals surface area (Å²) in [6, 6.07) is 0. The lowest BCUT2D eigenvalue weighted by molar-refractivity contribution is 1.31. The summed E-state index contributed by atoms with van der Waals surface area (Å²) in [5.41, 5.74) is 0. The van der Waals surface area contributed by atoms with Crippen molar-refractivity contribution < 1.29 is 0 Å². The summed E-state index contributed by atoms with van der Waals surface area (Å²) in [6.45, 7) is 2.21. The monoisotopic (exact) mass is 150 g/mol. The molecule has 1 heterocycles. The maximum Gasteiger partial charge on any atom is 0.0919 e. The molecule has 0 saturated carbocycles. The number of hydrogen-bond acceptors (Lipinski definition) is 1. The lowest BCUT2D eigenvalue weighted by atomic mass is 9.27. The fraction of sp³-hybridized carbons (Fsp3) is 0.500. The van der Waals surface area contributed by atoms with Gasteiger partial charge in [-0.15, -0.1) is 0 Å². The van der Waals surface area contributed by atoms with Gasteiger partial charge in [-0.2, -0.15) is 0 Å². The molecule has 0 aliphatic carbocycles. The Hall–Kier alpha value is -0.595. The molecule has 0 unspecified atom stereocenters. The molecule has 1 aromatic heterocycles. The van der Waals surface area contributed by atoms with E-state index in [9.17, 15) is 0 Å². The van der Waals surface area contributed by atoms with Crippen LogP contribution in [0.15, 0.2) is 18.7 Å². The Morgan fingerprint density at radius 3 is 2.45 bits per heavy atom. The second-order valence-corrected chi connectivity index (χ2v) is 2.11. The highest BCUT2D eigenvalue weighted by Crippen LogP contribution is 1.63. The van der Waals surface area contributed by atoms with Crippen molar-refractivity contribution in [1.82, 2.24) is 9.97 Å². The van der Waals surface area contributed by atoms with Gasteiger partial charge in [0.15, 0.2) is 0 Å². The molecule has 0 aromatic carbocycles. The Morgan fingerprint density at radius 2 is 2.36 bits per heavy atom. The third-order valence-electron chi connectivity index (χ3n) is 1.11. The van der Waals surface area contributed by atoms with Gasteiger partial charge in [-0.25, -0.2) is 4.98 Å². The van der Waals surface area contributed by atoms with Crippen LogP contribution in [0.4, 0.5) is 0 Å². The van der Waals surface area contributed by atoms with Gasteiger partial charge in [0, 0.05) is 12.4 Å². The minimum Gasteiger partial charge on any atom is -0.351 e. The predicted octanol–water partition coefficient (Wildman–Crippen LogP) is -0.194. The van der Waals surface area contributed by atoms with Crippen LogP contribution in [0.5, 0.6) is 0 Å². The molecule has 1 N–H and O–H groups in total. The van der Waals surface area contributed by atoms with Crippen LogP contribution in [0.1, 0.15) is 14.4 Å². The number of aromatic amines is 1. The molecule has 1 rings (SSSR count). The summed E-state index contributed by atoms with van der Waals surface area (Å²) in [5.74, 6) is 0. The summed E-state index contributed by atoms with van der Waals surface area (Å²) in [4.78, 5) is 6.42. The highest BCUT2D eigenvalue weighted by Gasteiger charge is 1.75. The lowest BCUT2D eigenvalue weighted by Gasteiger charge is -1.72. The van der Waals surface area contributed by atoms with Crippen LogP contribution in [0.3, 0.4) is 0 Å². The first-order chi connectivity index (χ1) is 4.91. The fourth-order valence-corrected chi connectivity index (χ4v) is 0.569. The van der Waals surface area contributed by atoms with Gasteiger partial charge >= 0.3 is 0 Å². The zero-order chi connectivity index (χ0) is 7.66. The van der Waals surface area contributed by atoms with Gasteiger partial charge in [0.25, 0.3) is 0 Å². The third kappa shape index (κ3) is 12.6. The largest absolute Gasteiger partial charge is 0.351 e. The van der Waals surface area contributed by atoms with E-state index in [1.165, 1.54) is 20.6 Å². The van der Waals surface area contributed by atoms with Crippen LogP contribution in [0, 0.1) is 0 Å². The average Bonchev–Trinajstić information content (AvgIpc) is 2.44. The first-order valence-electron chi connectivity index (χ1n) is 3.84. The zero-order valence-corrected chi connectivity index (χ0v) is 6.80. The molecule has 0 radical (unpaired) electrons. The van der Waals surface area contributed by atoms with Crippen LogP contribution in [0.25, 0.3) is 0 Å². The molecule has 0 amide bonds. The maximum atomic E-state index is 3.67. The molecule has 0 saturated heterocycles. The van der Waals surface area contributed by atoms with Crippen molar-refractivity contribution in [3.8, 4) is 0 Å². The number of hydrogen-bond donors (Lipinski definition) is 1. The minimum absolute atomic E-state index is 0. The van der Waals surface area contributed by atoms with E-state index in [1.54, 1.807) is 18.7 Å². The Kier molecular flexibility index (Phi) is 14.4. The Labute approximate surface area is 72.1 Å². The quantitative estimate of drug-likeness (QED) is 0.581. The van der Waals surface area contributed by atoms with Crippen LogP contribution in [-0.2, 0) is 0 Å². The van der Waals surface area contributed by atoms with E-state index in [0.717, 1.165) is 0 Å². The van der Waals surface area contributed by atoms with E-state index in [1.807, 2.05) is 0 Å². The Balaban J connectivity index is 0. The van der Waals surface area contributed by atoms with Crippen molar-refractivity contribution in [3.05, 3.63) is 18.7 Å². The lowest BCUT2D eigenvalue weighted by Crippen LogP contribution is -1.98. The molecule has 0 aliphatic rings. The highest BCUT2D eigenvalue weighted by molar-refractivity contribution is 7.23. The number of rotatable bonds is 2. The number of imidazole rings is 1. The number of H-pyrrole nitrogens is 1. The minimum atomic E-state index is 0. The Bertz CT molecular complexity index is 102. The number of nitrogens with one attached hydrogen (secondary N) is 1. The first-order valence-corrected chi connectivity index (χ1v) is 3.84. The normalized spacial score (nSPS) is 6.64. The summed E-state index contributed by atoms with van der Waals surface area (Å²) in [6.07, 6.45) is 6.43. The fourth-order valence-electron chi connectivity index (χ4n) is 0.569. The van der Waals surface area contributed by atoms with Crippen molar-refractivity contribution in [2.24, 2.45) is 0 Å². The second-order valence-electron chi connectivity index (χ2n) is 2.11. The van der Waals surface area contributed by atoms with Crippen LogP contribution >= 0.6 is 0 Å². The molecule has 60 valence electrons. The third-order valence-corrected chi connectivity index (χ3v) is 1.11. The van der Waals surface area contributed by atoms with Gasteiger partial charge in [0.1, 0.15) is 0 Å². The van der Waals surface area contributed by atoms with E-state index in [4.69, 9.17) is 0 Å². The molecule has 1 aromatic rings. The Morgan fingerprint density at radius 1 is 1.64 bits per heavy atom. The molecule has 0 bridgehead atoms. The van der Waals surface area contributed by atoms with Crippen LogP contribution in [0.2, 0.25) is 6.32 Å². The molecule has 0 fully saturated rings. The standard InChI is InChI=1S/C3H4N2.C2H9B3.CH4/c1-2-5-3-4-1;1-2-4-5-3;/h1-3H,(H,4,5);4-5H,2-3H2,1H3;1H4. The summed E-state index contributed by atoms with van der Waals surface area (Å²) < 4.78 is 0. The molecule has 11 heavy (non-hydrogen) atoms. The molecule has 5 heteroatoms. The topological polar surface area (TPSA) is 28.7 Å². The number of nitrogens with zero attached hydrogens (tertiary/aromatic N) is 1. The van der Waals surface area contributed by atoms with Crippen molar-refractivity contribution in [2.75, 3.05) is 0 Å². The van der Waals surface area contributed by atoms with Crippen molar-refractivity contribution >= 4 is 22.0 Å². The van der Waals surface area contributed by atoms with E-state index in [-0.39, 0.29) is 7.43 Å². The highest BCUT2D eigenvalue weighted by atomic mass is 14.8. The van der Waals surface area contributed by atoms with Crippen LogP contribution < -0.4 is 0 Å². The maximum absolute atomic E-state index is 3.67. The smallest absolute Gasteiger partial charge is 0.0919 e. The van der Waals surface area contributed by atoms with Gasteiger partial charge < -0.3 is 4.98 Å². The molecule has 0 aliphatic heterocycles. The molecule has 0 atom stereocenters. The van der Waals surface area contributed by atoms with Gasteiger partial charge in [0.2, 0.25) is 0 Å². The second kappa shape index (κ2) is 12.1. The number of aromatic nitrogens is 2. The van der Waals surface area contributed by atoms with E-state index in [0.29, 0.717) is 0 Å². The predicted molar refractivity (Wildman–Crippen MR) is 58.6 cm³/mol. The van der Waals surface area contributed by atoms with E-state index < -0.39 is 0 Å². The summed E-state index contributed by atoms with van der Waals surface area (Å²) in [5, 5.41) is 0. The molecular formula is C6H17B3N2. The average molecular weight is 150 g/mol. The van der Waals surface area contributed by atoms with Crippen molar-refractivity contribution in [2.45, 2.75) is 20.7 Å². The zero-order valence-electron chi connectivity index (χ0n) is 6.80. The van der Waals surface area contributed by atoms with Crippen molar-refractivity contribution in [1.29, 1.82) is 0 Å². The van der Waals surface area contributed by atoms with E-state index in [2.05, 4.69) is 24.6 Å². The molecule has 2 nitrogen and oxygen atoms in total. The van der Waals surface area contributed by atoms with Crippen molar-refractivity contribution in [3.63, 3.8) is 0 Å².